The lowest BCUT2D eigenvalue weighted by atomic mass is 10.3. The highest BCUT2D eigenvalue weighted by atomic mass is 32.1. The van der Waals surface area contributed by atoms with Crippen molar-refractivity contribution in [3.8, 4) is 0 Å². The van der Waals surface area contributed by atoms with Crippen molar-refractivity contribution in [2.75, 3.05) is 15.1 Å². The van der Waals surface area contributed by atoms with Crippen molar-refractivity contribution in [1.82, 2.24) is 30.1 Å². The molecule has 25 heavy (non-hydrogen) atoms. The Balaban J connectivity index is 1.70. The Morgan fingerprint density at radius 1 is 1.12 bits per heavy atom. The van der Waals surface area contributed by atoms with E-state index < -0.39 is 0 Å². The predicted octanol–water partition coefficient (Wildman–Crippen LogP) is 1.70. The summed E-state index contributed by atoms with van der Waals surface area (Å²) in [4.78, 5) is 0. The van der Waals surface area contributed by atoms with E-state index in [4.69, 9.17) is 9.05 Å². The normalized spacial score (nSPS) is 14.4. The van der Waals surface area contributed by atoms with Crippen LogP contribution in [0.15, 0.2) is 51.3 Å². The standard InChI is InChI=1S/C13H8N9O2S/c1-4-14-16-11(1)20-7-10(9-8-24-19-15-9)21(13-3-6-25-18-13)22(20)12-2-5-23-17-12/h1-6,8H,(H,14,16). The molecule has 0 unspecified atom stereocenters. The lowest BCUT2D eigenvalue weighted by Crippen LogP contribution is -2.46. The molecule has 123 valence electrons. The molecule has 1 aliphatic heterocycles. The smallest absolute Gasteiger partial charge is 0.213 e. The van der Waals surface area contributed by atoms with Crippen LogP contribution in [0.3, 0.4) is 0 Å². The summed E-state index contributed by atoms with van der Waals surface area (Å²) in [6.45, 7) is 0. The minimum Gasteiger partial charge on any atom is -0.362 e. The van der Waals surface area contributed by atoms with E-state index in [0.29, 0.717) is 28.8 Å². The Labute approximate surface area is 143 Å². The van der Waals surface area contributed by atoms with E-state index in [1.54, 1.807) is 33.5 Å². The van der Waals surface area contributed by atoms with Gasteiger partial charge in [-0.05, 0) is 17.6 Å². The average molecular weight is 354 g/mol. The summed E-state index contributed by atoms with van der Waals surface area (Å²) >= 11 is 1.32. The Bertz CT molecular complexity index is 963. The summed E-state index contributed by atoms with van der Waals surface area (Å²) in [6, 6.07) is 5.37. The second kappa shape index (κ2) is 5.45. The third kappa shape index (κ3) is 2.15. The Kier molecular flexibility index (Phi) is 3.00. The van der Waals surface area contributed by atoms with E-state index >= 15 is 0 Å². The highest BCUT2D eigenvalue weighted by Gasteiger charge is 2.39. The molecule has 1 aliphatic rings. The van der Waals surface area contributed by atoms with Crippen molar-refractivity contribution in [1.29, 1.82) is 0 Å². The van der Waals surface area contributed by atoms with Crippen molar-refractivity contribution in [2.45, 2.75) is 0 Å². The molecule has 1 radical (unpaired) electrons. The second-order valence-corrected chi connectivity index (χ2v) is 5.48. The molecular weight excluding hydrogens is 346 g/mol. The molecule has 12 heteroatoms. The van der Waals surface area contributed by atoms with Crippen LogP contribution in [0.2, 0.25) is 0 Å². The minimum absolute atomic E-state index is 0.486. The Morgan fingerprint density at radius 3 is 2.80 bits per heavy atom. The number of hydrazine groups is 2. The zero-order valence-corrected chi connectivity index (χ0v) is 13.2. The topological polar surface area (TPSA) is 116 Å². The molecule has 1 N–H and O–H groups in total. The van der Waals surface area contributed by atoms with E-state index in [1.807, 2.05) is 11.4 Å². The first-order chi connectivity index (χ1) is 12.4. The van der Waals surface area contributed by atoms with Gasteiger partial charge in [0.25, 0.3) is 0 Å². The van der Waals surface area contributed by atoms with Gasteiger partial charge in [-0.1, -0.05) is 5.16 Å². The third-order valence-corrected chi connectivity index (χ3v) is 3.93. The molecular formula is C13H8N9O2S. The molecule has 0 atom stereocenters. The maximum Gasteiger partial charge on any atom is 0.213 e. The van der Waals surface area contributed by atoms with Crippen molar-refractivity contribution >= 4 is 34.7 Å². The number of hydrogen-bond acceptors (Lipinski definition) is 11. The van der Waals surface area contributed by atoms with Crippen LogP contribution in [0.4, 0.5) is 17.5 Å². The van der Waals surface area contributed by atoms with Gasteiger partial charge >= 0.3 is 0 Å². The second-order valence-electron chi connectivity index (χ2n) is 4.81. The van der Waals surface area contributed by atoms with Crippen LogP contribution in [0, 0.1) is 6.20 Å². The lowest BCUT2D eigenvalue weighted by Gasteiger charge is -2.33. The molecule has 4 aromatic rings. The summed E-state index contributed by atoms with van der Waals surface area (Å²) in [6.07, 6.45) is 7.83. The van der Waals surface area contributed by atoms with Gasteiger partial charge in [-0.25, -0.2) is 10.0 Å². The van der Waals surface area contributed by atoms with Crippen LogP contribution in [-0.4, -0.2) is 30.1 Å². The van der Waals surface area contributed by atoms with Crippen LogP contribution in [0.25, 0.3) is 5.70 Å². The van der Waals surface area contributed by atoms with E-state index in [1.165, 1.54) is 24.1 Å². The summed E-state index contributed by atoms with van der Waals surface area (Å²) in [5.74, 6) is 1.75. The number of aromatic amines is 1. The number of anilines is 3. The molecule has 0 aromatic carbocycles. The maximum absolute atomic E-state index is 5.01. The van der Waals surface area contributed by atoms with Gasteiger partial charge in [0.05, 0.1) is 0 Å². The van der Waals surface area contributed by atoms with E-state index in [2.05, 4.69) is 36.3 Å². The third-order valence-electron chi connectivity index (χ3n) is 3.38. The van der Waals surface area contributed by atoms with Crippen molar-refractivity contribution in [3.63, 3.8) is 0 Å². The largest absolute Gasteiger partial charge is 0.362 e. The average Bonchev–Trinajstić information content (AvgIpc) is 3.48. The number of rotatable bonds is 4. The summed E-state index contributed by atoms with van der Waals surface area (Å²) in [5, 5.41) is 25.5. The minimum atomic E-state index is 0.486. The highest BCUT2D eigenvalue weighted by molar-refractivity contribution is 7.03. The fraction of sp³-hybridized carbons (Fsp3) is 0. The molecule has 0 bridgehead atoms. The van der Waals surface area contributed by atoms with Gasteiger partial charge in [0, 0.05) is 29.0 Å². The first-order valence-corrected chi connectivity index (χ1v) is 7.87. The highest BCUT2D eigenvalue weighted by Crippen LogP contribution is 2.37. The molecule has 5 heterocycles. The van der Waals surface area contributed by atoms with Crippen molar-refractivity contribution in [2.24, 2.45) is 0 Å². The number of aromatic nitrogens is 6. The van der Waals surface area contributed by atoms with E-state index in [9.17, 15) is 0 Å². The number of nitrogens with zero attached hydrogens (tertiary/aromatic N) is 8. The number of hydrogen-bond donors (Lipinski definition) is 1. The van der Waals surface area contributed by atoms with E-state index in [0.717, 1.165) is 0 Å². The number of H-pyrrole nitrogens is 1. The van der Waals surface area contributed by atoms with Gasteiger partial charge in [0.1, 0.15) is 18.2 Å². The maximum atomic E-state index is 5.01. The molecule has 11 nitrogen and oxygen atoms in total. The molecule has 0 spiro atoms. The van der Waals surface area contributed by atoms with Crippen LogP contribution in [0.1, 0.15) is 5.69 Å². The Hall–Kier alpha value is -3.67. The molecule has 0 aliphatic carbocycles. The fourth-order valence-corrected chi connectivity index (χ4v) is 2.87. The zero-order valence-electron chi connectivity index (χ0n) is 12.3. The molecule has 0 fully saturated rings. The Morgan fingerprint density at radius 2 is 2.12 bits per heavy atom. The van der Waals surface area contributed by atoms with Gasteiger partial charge in [0.2, 0.25) is 5.82 Å². The molecule has 0 amide bonds. The molecule has 4 aromatic heterocycles. The summed E-state index contributed by atoms with van der Waals surface area (Å²) in [7, 11) is 0. The van der Waals surface area contributed by atoms with Gasteiger partial charge in [-0.3, -0.25) is 5.10 Å². The van der Waals surface area contributed by atoms with Gasteiger partial charge in [-0.15, -0.1) is 5.10 Å². The van der Waals surface area contributed by atoms with Crippen LogP contribution >= 0.6 is 11.5 Å². The van der Waals surface area contributed by atoms with E-state index in [-0.39, 0.29) is 0 Å². The van der Waals surface area contributed by atoms with Gasteiger partial charge in [-0.2, -0.15) is 14.6 Å². The van der Waals surface area contributed by atoms with Gasteiger partial charge in [0.15, 0.2) is 23.6 Å². The molecule has 0 saturated heterocycles. The number of nitrogens with one attached hydrogen (secondary N) is 1. The summed E-state index contributed by atoms with van der Waals surface area (Å²) < 4.78 is 14.3. The van der Waals surface area contributed by atoms with Crippen LogP contribution < -0.4 is 15.1 Å². The van der Waals surface area contributed by atoms with Crippen LogP contribution in [-0.2, 0) is 0 Å². The lowest BCUT2D eigenvalue weighted by molar-refractivity contribution is 0.393. The van der Waals surface area contributed by atoms with Crippen molar-refractivity contribution < 1.29 is 9.05 Å². The monoisotopic (exact) mass is 354 g/mol. The van der Waals surface area contributed by atoms with Crippen molar-refractivity contribution in [3.05, 3.63) is 54.2 Å². The molecule has 0 saturated carbocycles. The SMILES string of the molecule is [C]1=C(c2conn2)N(c2ccsn2)N(c2ccon2)N1c1cc[nH]n1. The van der Waals surface area contributed by atoms with Crippen LogP contribution in [0.5, 0.6) is 0 Å². The fourth-order valence-electron chi connectivity index (χ4n) is 2.38. The zero-order chi connectivity index (χ0) is 16.6. The summed E-state index contributed by atoms with van der Waals surface area (Å²) in [5.41, 5.74) is 1.05. The first-order valence-electron chi connectivity index (χ1n) is 7.03. The quantitative estimate of drug-likeness (QED) is 0.580. The predicted molar refractivity (Wildman–Crippen MR) is 85.6 cm³/mol. The molecule has 5 rings (SSSR count). The van der Waals surface area contributed by atoms with Gasteiger partial charge < -0.3 is 9.05 Å². The first kappa shape index (κ1) is 13.7.